The Hall–Kier alpha value is -2.24. The fourth-order valence-electron chi connectivity index (χ4n) is 2.86. The summed E-state index contributed by atoms with van der Waals surface area (Å²) in [4.78, 5) is 18.8. The zero-order valence-corrected chi connectivity index (χ0v) is 11.8. The fourth-order valence-corrected chi connectivity index (χ4v) is 2.86. The van der Waals surface area contributed by atoms with E-state index < -0.39 is 0 Å². The highest BCUT2D eigenvalue weighted by Gasteiger charge is 2.31. The zero-order chi connectivity index (χ0) is 14.8. The average Bonchev–Trinajstić information content (AvgIpc) is 3.01. The van der Waals surface area contributed by atoms with Crippen LogP contribution < -0.4 is 0 Å². The van der Waals surface area contributed by atoms with E-state index >= 15 is 0 Å². The summed E-state index contributed by atoms with van der Waals surface area (Å²) in [6.45, 7) is 2.44. The molecule has 3 rings (SSSR count). The minimum atomic E-state index is -0.325. The van der Waals surface area contributed by atoms with Crippen LogP contribution in [0.1, 0.15) is 47.1 Å². The maximum absolute atomic E-state index is 13.2. The van der Waals surface area contributed by atoms with Gasteiger partial charge in [0, 0.05) is 12.1 Å². The maximum Gasteiger partial charge on any atom is 0.254 e. The Kier molecular flexibility index (Phi) is 3.68. The Morgan fingerprint density at radius 3 is 3.00 bits per heavy atom. The van der Waals surface area contributed by atoms with Crippen molar-refractivity contribution in [1.29, 1.82) is 0 Å². The molecule has 1 amide bonds. The molecular formula is C15H17FN4O. The smallest absolute Gasteiger partial charge is 0.254 e. The van der Waals surface area contributed by atoms with Gasteiger partial charge in [-0.25, -0.2) is 9.37 Å². The molecule has 110 valence electrons. The van der Waals surface area contributed by atoms with Crippen LogP contribution in [0.15, 0.2) is 24.5 Å². The molecule has 6 heteroatoms. The third-order valence-electron chi connectivity index (χ3n) is 3.93. The second-order valence-corrected chi connectivity index (χ2v) is 5.34. The fraction of sp³-hybridized carbons (Fsp3) is 0.400. The van der Waals surface area contributed by atoms with Crippen LogP contribution in [0.5, 0.6) is 0 Å². The summed E-state index contributed by atoms with van der Waals surface area (Å²) in [6, 6.07) is 4.19. The summed E-state index contributed by atoms with van der Waals surface area (Å²) in [5.41, 5.74) is 1.20. The minimum Gasteiger partial charge on any atom is -0.328 e. The monoisotopic (exact) mass is 288 g/mol. The molecule has 1 aromatic carbocycles. The highest BCUT2D eigenvalue weighted by molar-refractivity contribution is 5.95. The van der Waals surface area contributed by atoms with E-state index in [1.54, 1.807) is 13.0 Å². The van der Waals surface area contributed by atoms with E-state index in [-0.39, 0.29) is 17.8 Å². The molecule has 0 bridgehead atoms. The maximum atomic E-state index is 13.2. The van der Waals surface area contributed by atoms with Crippen molar-refractivity contribution in [2.75, 3.05) is 6.54 Å². The first-order chi connectivity index (χ1) is 10.2. The molecule has 0 unspecified atom stereocenters. The van der Waals surface area contributed by atoms with Gasteiger partial charge in [-0.2, -0.15) is 5.10 Å². The van der Waals surface area contributed by atoms with Crippen LogP contribution in [-0.2, 0) is 0 Å². The molecule has 1 saturated heterocycles. The lowest BCUT2D eigenvalue weighted by Gasteiger charge is -2.34. The number of aryl methyl sites for hydroxylation is 1. The number of nitrogens with one attached hydrogen (secondary N) is 1. The molecule has 2 heterocycles. The van der Waals surface area contributed by atoms with Crippen LogP contribution in [-0.4, -0.2) is 32.5 Å². The van der Waals surface area contributed by atoms with Gasteiger partial charge in [-0.05, 0) is 49.9 Å². The average molecular weight is 288 g/mol. The number of H-pyrrole nitrogens is 1. The molecular weight excluding hydrogens is 271 g/mol. The molecule has 0 saturated carbocycles. The number of rotatable bonds is 2. The number of nitrogens with zero attached hydrogens (tertiary/aromatic N) is 3. The van der Waals surface area contributed by atoms with E-state index in [0.717, 1.165) is 19.3 Å². The van der Waals surface area contributed by atoms with Crippen molar-refractivity contribution in [2.45, 2.75) is 32.2 Å². The highest BCUT2D eigenvalue weighted by atomic mass is 19.1. The topological polar surface area (TPSA) is 61.9 Å². The Morgan fingerprint density at radius 2 is 2.29 bits per heavy atom. The number of carbonyl (C=O) groups is 1. The van der Waals surface area contributed by atoms with Gasteiger partial charge in [-0.1, -0.05) is 0 Å². The molecule has 1 aliphatic rings. The van der Waals surface area contributed by atoms with Gasteiger partial charge >= 0.3 is 0 Å². The molecule has 1 fully saturated rings. The lowest BCUT2D eigenvalue weighted by Crippen LogP contribution is -2.39. The number of piperidine rings is 1. The van der Waals surface area contributed by atoms with Crippen LogP contribution in [0.3, 0.4) is 0 Å². The van der Waals surface area contributed by atoms with Crippen LogP contribution >= 0.6 is 0 Å². The lowest BCUT2D eigenvalue weighted by atomic mass is 9.99. The summed E-state index contributed by atoms with van der Waals surface area (Å²) in [5.74, 6) is 0.311. The molecule has 5 nitrogen and oxygen atoms in total. The SMILES string of the molecule is Cc1cc(F)ccc1C(=O)N1CCCC[C@H]1c1ncn[nH]1. The lowest BCUT2D eigenvalue weighted by molar-refractivity contribution is 0.0599. The van der Waals surface area contributed by atoms with Gasteiger partial charge in [0.05, 0.1) is 6.04 Å². The van der Waals surface area contributed by atoms with Crippen molar-refractivity contribution < 1.29 is 9.18 Å². The molecule has 1 aromatic heterocycles. The van der Waals surface area contributed by atoms with Crippen LogP contribution in [0.25, 0.3) is 0 Å². The Balaban J connectivity index is 1.91. The first kappa shape index (κ1) is 13.7. The van der Waals surface area contributed by atoms with E-state index in [2.05, 4.69) is 15.2 Å². The zero-order valence-electron chi connectivity index (χ0n) is 11.8. The van der Waals surface area contributed by atoms with Gasteiger partial charge in [0.25, 0.3) is 5.91 Å². The molecule has 2 aromatic rings. The number of benzene rings is 1. The van der Waals surface area contributed by atoms with Crippen LogP contribution in [0, 0.1) is 12.7 Å². The molecule has 21 heavy (non-hydrogen) atoms. The molecule has 0 spiro atoms. The van der Waals surface area contributed by atoms with E-state index in [1.807, 2.05) is 4.90 Å². The van der Waals surface area contributed by atoms with E-state index in [0.29, 0.717) is 23.5 Å². The van der Waals surface area contributed by atoms with Crippen molar-refractivity contribution in [3.8, 4) is 0 Å². The van der Waals surface area contributed by atoms with Gasteiger partial charge in [0.15, 0.2) is 0 Å². The summed E-state index contributed by atoms with van der Waals surface area (Å²) in [5, 5.41) is 6.72. The van der Waals surface area contributed by atoms with Gasteiger partial charge in [-0.15, -0.1) is 0 Å². The first-order valence-corrected chi connectivity index (χ1v) is 7.09. The normalized spacial score (nSPS) is 18.8. The van der Waals surface area contributed by atoms with E-state index in [1.165, 1.54) is 18.5 Å². The predicted molar refractivity (Wildman–Crippen MR) is 75.1 cm³/mol. The van der Waals surface area contributed by atoms with Gasteiger partial charge in [0.1, 0.15) is 18.0 Å². The number of carbonyl (C=O) groups excluding carboxylic acids is 1. The number of amides is 1. The predicted octanol–water partition coefficient (Wildman–Crippen LogP) is 2.62. The largest absolute Gasteiger partial charge is 0.328 e. The number of hydrogen-bond donors (Lipinski definition) is 1. The Morgan fingerprint density at radius 1 is 1.43 bits per heavy atom. The Bertz CT molecular complexity index is 641. The van der Waals surface area contributed by atoms with Crippen molar-refractivity contribution in [3.05, 3.63) is 47.3 Å². The van der Waals surface area contributed by atoms with Crippen LogP contribution in [0.2, 0.25) is 0 Å². The quantitative estimate of drug-likeness (QED) is 0.924. The summed E-state index contributed by atoms with van der Waals surface area (Å²) >= 11 is 0. The second-order valence-electron chi connectivity index (χ2n) is 5.34. The number of hydrogen-bond acceptors (Lipinski definition) is 3. The van der Waals surface area contributed by atoms with E-state index in [9.17, 15) is 9.18 Å². The first-order valence-electron chi connectivity index (χ1n) is 7.09. The highest BCUT2D eigenvalue weighted by Crippen LogP contribution is 2.30. The summed E-state index contributed by atoms with van der Waals surface area (Å²) in [6.07, 6.45) is 4.34. The number of aromatic amines is 1. The summed E-state index contributed by atoms with van der Waals surface area (Å²) in [7, 11) is 0. The standard InChI is InChI=1S/C15H17FN4O/c1-10-8-11(16)5-6-12(10)15(21)20-7-3-2-4-13(20)14-17-9-18-19-14/h5-6,8-9,13H,2-4,7H2,1H3,(H,17,18,19)/t13-/m0/s1. The van der Waals surface area contributed by atoms with Gasteiger partial charge < -0.3 is 4.90 Å². The number of likely N-dealkylation sites (tertiary alicyclic amines) is 1. The molecule has 0 radical (unpaired) electrons. The third-order valence-corrected chi connectivity index (χ3v) is 3.93. The van der Waals surface area contributed by atoms with Crippen molar-refractivity contribution >= 4 is 5.91 Å². The number of halogens is 1. The Labute approximate surface area is 122 Å². The van der Waals surface area contributed by atoms with Crippen molar-refractivity contribution in [2.24, 2.45) is 0 Å². The summed E-state index contributed by atoms with van der Waals surface area (Å²) < 4.78 is 13.2. The molecule has 1 N–H and O–H groups in total. The molecule has 1 atom stereocenters. The van der Waals surface area contributed by atoms with E-state index in [4.69, 9.17) is 0 Å². The minimum absolute atomic E-state index is 0.0754. The number of aromatic nitrogens is 3. The molecule has 1 aliphatic heterocycles. The van der Waals surface area contributed by atoms with Crippen molar-refractivity contribution in [3.63, 3.8) is 0 Å². The van der Waals surface area contributed by atoms with Crippen LogP contribution in [0.4, 0.5) is 4.39 Å². The van der Waals surface area contributed by atoms with Crippen molar-refractivity contribution in [1.82, 2.24) is 20.1 Å². The van der Waals surface area contributed by atoms with Gasteiger partial charge in [-0.3, -0.25) is 9.89 Å². The third kappa shape index (κ3) is 2.66. The van der Waals surface area contributed by atoms with Gasteiger partial charge in [0.2, 0.25) is 0 Å². The molecule has 0 aliphatic carbocycles. The second kappa shape index (κ2) is 5.63.